The molecule has 0 saturated carbocycles. The Kier molecular flexibility index (Phi) is 4.17. The van der Waals surface area contributed by atoms with E-state index in [4.69, 9.17) is 0 Å². The second-order valence-electron chi connectivity index (χ2n) is 6.51. The zero-order valence-corrected chi connectivity index (χ0v) is 14.4. The highest BCUT2D eigenvalue weighted by Gasteiger charge is 2.35. The van der Waals surface area contributed by atoms with Gasteiger partial charge in [-0.25, -0.2) is 14.1 Å². The van der Waals surface area contributed by atoms with Gasteiger partial charge in [0.15, 0.2) is 11.5 Å². The number of carbonyl (C=O) groups is 1. The second-order valence-corrected chi connectivity index (χ2v) is 6.51. The molecular weight excluding hydrogens is 376 g/mol. The van der Waals surface area contributed by atoms with Crippen molar-refractivity contribution in [2.45, 2.75) is 12.2 Å². The summed E-state index contributed by atoms with van der Waals surface area (Å²) in [6.45, 7) is 3.50. The van der Waals surface area contributed by atoms with Crippen molar-refractivity contribution in [3.05, 3.63) is 60.6 Å². The van der Waals surface area contributed by atoms with Gasteiger partial charge in [0.25, 0.3) is 5.91 Å². The van der Waals surface area contributed by atoms with Crippen molar-refractivity contribution in [2.75, 3.05) is 13.1 Å². The van der Waals surface area contributed by atoms with Crippen molar-refractivity contribution >= 4 is 16.9 Å². The van der Waals surface area contributed by atoms with E-state index in [9.17, 15) is 22.4 Å². The summed E-state index contributed by atoms with van der Waals surface area (Å²) in [6.07, 6.45) is -2.83. The lowest BCUT2D eigenvalue weighted by Gasteiger charge is -2.38. The number of pyridine rings is 1. The van der Waals surface area contributed by atoms with Crippen LogP contribution in [0.25, 0.3) is 22.3 Å². The average Bonchev–Trinajstić information content (AvgIpc) is 2.99. The first-order valence-corrected chi connectivity index (χ1v) is 8.40. The summed E-state index contributed by atoms with van der Waals surface area (Å²) >= 11 is 0. The first-order valence-electron chi connectivity index (χ1n) is 8.40. The molecule has 0 aliphatic carbocycles. The van der Waals surface area contributed by atoms with Crippen LogP contribution in [0.1, 0.15) is 11.6 Å². The normalized spacial score (nSPS) is 14.9. The van der Waals surface area contributed by atoms with Gasteiger partial charge < -0.3 is 4.90 Å². The van der Waals surface area contributed by atoms with Gasteiger partial charge in [-0.1, -0.05) is 18.7 Å². The van der Waals surface area contributed by atoms with Gasteiger partial charge in [0.1, 0.15) is 5.69 Å². The standard InChI is InChI=1S/C19H14F4N4O/c1-11(20)18(28)26-9-14(10-26)27-17-15(3-2-8-24-17)16(25-27)12-4-6-13(7-5-12)19(21,22)23/h2-8,14H,1,9-10H2. The maximum absolute atomic E-state index is 13.0. The van der Waals surface area contributed by atoms with Crippen LogP contribution in [0.4, 0.5) is 17.6 Å². The number of alkyl halides is 3. The Hall–Kier alpha value is -3.23. The molecule has 3 heterocycles. The first-order chi connectivity index (χ1) is 13.3. The third-order valence-electron chi connectivity index (χ3n) is 4.68. The highest BCUT2D eigenvalue weighted by Crippen LogP contribution is 2.34. The number of aromatic nitrogens is 3. The predicted molar refractivity (Wildman–Crippen MR) is 93.8 cm³/mol. The second kappa shape index (κ2) is 6.43. The van der Waals surface area contributed by atoms with Crippen molar-refractivity contribution in [1.29, 1.82) is 0 Å². The van der Waals surface area contributed by atoms with Crippen LogP contribution in [-0.2, 0) is 11.0 Å². The Morgan fingerprint density at radius 2 is 1.82 bits per heavy atom. The number of benzene rings is 1. The minimum absolute atomic E-state index is 0.205. The van der Waals surface area contributed by atoms with E-state index in [0.29, 0.717) is 22.3 Å². The molecule has 1 aliphatic heterocycles. The Morgan fingerprint density at radius 3 is 2.43 bits per heavy atom. The van der Waals surface area contributed by atoms with Crippen molar-refractivity contribution < 1.29 is 22.4 Å². The Balaban J connectivity index is 1.68. The van der Waals surface area contributed by atoms with Crippen molar-refractivity contribution in [3.8, 4) is 11.3 Å². The first kappa shape index (κ1) is 18.1. The van der Waals surface area contributed by atoms with Gasteiger partial charge in [-0.2, -0.15) is 18.3 Å². The molecule has 5 nitrogen and oxygen atoms in total. The minimum atomic E-state index is -4.41. The zero-order chi connectivity index (χ0) is 20.1. The van der Waals surface area contributed by atoms with Crippen molar-refractivity contribution in [1.82, 2.24) is 19.7 Å². The lowest BCUT2D eigenvalue weighted by Crippen LogP contribution is -2.51. The van der Waals surface area contributed by atoms with Gasteiger partial charge in [-0.15, -0.1) is 0 Å². The molecule has 3 aromatic rings. The Bertz CT molecular complexity index is 1070. The summed E-state index contributed by atoms with van der Waals surface area (Å²) in [4.78, 5) is 17.2. The van der Waals surface area contributed by atoms with Gasteiger partial charge >= 0.3 is 6.18 Å². The SMILES string of the molecule is C=C(F)C(=O)N1CC(n2nc(-c3ccc(C(F)(F)F)cc3)c3cccnc32)C1. The number of hydrogen-bond acceptors (Lipinski definition) is 3. The van der Waals surface area contributed by atoms with Crippen molar-refractivity contribution in [2.24, 2.45) is 0 Å². The topological polar surface area (TPSA) is 51.0 Å². The fraction of sp³-hybridized carbons (Fsp3) is 0.211. The quantitative estimate of drug-likeness (QED) is 0.502. The maximum Gasteiger partial charge on any atom is 0.416 e. The number of fused-ring (bicyclic) bond motifs is 1. The molecule has 144 valence electrons. The smallest absolute Gasteiger partial charge is 0.332 e. The molecule has 9 heteroatoms. The molecule has 1 amide bonds. The van der Waals surface area contributed by atoms with Gasteiger partial charge in [-0.3, -0.25) is 4.79 Å². The van der Waals surface area contributed by atoms with Gasteiger partial charge in [0.05, 0.1) is 11.6 Å². The van der Waals surface area contributed by atoms with Gasteiger partial charge in [0.2, 0.25) is 0 Å². The molecule has 2 aromatic heterocycles. The van der Waals surface area contributed by atoms with E-state index in [1.807, 2.05) is 0 Å². The molecule has 0 atom stereocenters. The highest BCUT2D eigenvalue weighted by atomic mass is 19.4. The fourth-order valence-corrected chi connectivity index (χ4v) is 3.21. The summed E-state index contributed by atoms with van der Waals surface area (Å²) in [7, 11) is 0. The number of rotatable bonds is 3. The van der Waals surface area contributed by atoms with E-state index in [1.165, 1.54) is 17.0 Å². The molecule has 1 aromatic carbocycles. The number of nitrogens with zero attached hydrogens (tertiary/aromatic N) is 4. The molecule has 1 fully saturated rings. The van der Waals surface area contributed by atoms with Crippen LogP contribution >= 0.6 is 0 Å². The summed E-state index contributed by atoms with van der Waals surface area (Å²) in [5, 5.41) is 5.21. The van der Waals surface area contributed by atoms with E-state index in [2.05, 4.69) is 16.7 Å². The number of halogens is 4. The van der Waals surface area contributed by atoms with Crippen LogP contribution in [0, 0.1) is 0 Å². The van der Waals surface area contributed by atoms with Crippen molar-refractivity contribution in [3.63, 3.8) is 0 Å². The third kappa shape index (κ3) is 3.02. The van der Waals surface area contributed by atoms with E-state index < -0.39 is 23.5 Å². The Labute approximate surface area is 156 Å². The highest BCUT2D eigenvalue weighted by molar-refractivity contribution is 5.92. The fourth-order valence-electron chi connectivity index (χ4n) is 3.21. The maximum atomic E-state index is 13.0. The molecular formula is C19H14F4N4O. The van der Waals surface area contributed by atoms with Crippen LogP contribution in [0.5, 0.6) is 0 Å². The molecule has 4 rings (SSSR count). The average molecular weight is 390 g/mol. The van der Waals surface area contributed by atoms with Crippen LogP contribution in [-0.4, -0.2) is 38.7 Å². The molecule has 1 aliphatic rings. The molecule has 0 radical (unpaired) electrons. The summed E-state index contributed by atoms with van der Waals surface area (Å²) in [5.41, 5.74) is 0.830. The van der Waals surface area contributed by atoms with Crippen LogP contribution < -0.4 is 0 Å². The van der Waals surface area contributed by atoms with Gasteiger partial charge in [-0.05, 0) is 24.3 Å². The third-order valence-corrected chi connectivity index (χ3v) is 4.68. The van der Waals surface area contributed by atoms with E-state index >= 15 is 0 Å². The van der Waals surface area contributed by atoms with Crippen LogP contribution in [0.3, 0.4) is 0 Å². The molecule has 28 heavy (non-hydrogen) atoms. The summed E-state index contributed by atoms with van der Waals surface area (Å²) in [6, 6.07) is 8.04. The molecule has 0 unspecified atom stereocenters. The van der Waals surface area contributed by atoms with Crippen LogP contribution in [0.15, 0.2) is 55.0 Å². The lowest BCUT2D eigenvalue weighted by molar-refractivity contribution is -0.137. The van der Waals surface area contributed by atoms with Gasteiger partial charge in [0, 0.05) is 30.2 Å². The Morgan fingerprint density at radius 1 is 1.14 bits per heavy atom. The predicted octanol–water partition coefficient (Wildman–Crippen LogP) is 3.98. The lowest BCUT2D eigenvalue weighted by atomic mass is 10.1. The molecule has 1 saturated heterocycles. The number of likely N-dealkylation sites (tertiary alicyclic amines) is 1. The number of amides is 1. The molecule has 0 spiro atoms. The van der Waals surface area contributed by atoms with Crippen LogP contribution in [0.2, 0.25) is 0 Å². The number of carbonyl (C=O) groups excluding carboxylic acids is 1. The largest absolute Gasteiger partial charge is 0.416 e. The summed E-state index contributed by atoms with van der Waals surface area (Å²) < 4.78 is 53.0. The minimum Gasteiger partial charge on any atom is -0.332 e. The zero-order valence-electron chi connectivity index (χ0n) is 14.4. The summed E-state index contributed by atoms with van der Waals surface area (Å²) in [5.74, 6) is -1.78. The monoisotopic (exact) mass is 390 g/mol. The van der Waals surface area contributed by atoms with E-state index in [0.717, 1.165) is 12.1 Å². The number of hydrogen-bond donors (Lipinski definition) is 0. The molecule has 0 bridgehead atoms. The van der Waals surface area contributed by atoms with E-state index in [1.54, 1.807) is 23.0 Å². The van der Waals surface area contributed by atoms with E-state index in [-0.39, 0.29) is 19.1 Å². The molecule has 0 N–H and O–H groups in total.